The molecule has 40 atom stereocenters. The van der Waals surface area contributed by atoms with Crippen LogP contribution >= 0.6 is 0 Å². The van der Waals surface area contributed by atoms with E-state index in [1.54, 1.807) is 0 Å². The van der Waals surface area contributed by atoms with Gasteiger partial charge < -0.3 is 38.6 Å². The maximum atomic E-state index is 13.2. The molecule has 1 aliphatic heterocycles. The Hall–Kier alpha value is -3.26. The molecule has 1 heterocycles. The monoisotopic (exact) mass is 1920 g/mol. The first-order chi connectivity index (χ1) is 64.7. The highest BCUT2D eigenvalue weighted by Gasteiger charge is 2.67. The summed E-state index contributed by atoms with van der Waals surface area (Å²) in [5, 5.41) is 19.6. The largest absolute Gasteiger partial charge is 0.465 e. The number of aliphatic hydroxyl groups excluding tert-OH is 1. The Morgan fingerprint density at radius 3 is 1.03 bits per heavy atom. The Labute approximate surface area is 840 Å². The first-order valence-corrected chi connectivity index (χ1v) is 59.4. The van der Waals surface area contributed by atoms with Gasteiger partial charge >= 0.3 is 35.8 Å². The van der Waals surface area contributed by atoms with Crippen molar-refractivity contribution in [1.82, 2.24) is 0 Å². The van der Waals surface area contributed by atoms with Crippen molar-refractivity contribution in [3.63, 3.8) is 0 Å². The van der Waals surface area contributed by atoms with Crippen LogP contribution in [0.3, 0.4) is 0 Å². The van der Waals surface area contributed by atoms with Crippen molar-refractivity contribution >= 4 is 35.8 Å². The molecular weight excluding hydrogens is 1710 g/mol. The molecule has 1 saturated heterocycles. The molecule has 14 heteroatoms. The van der Waals surface area contributed by atoms with Gasteiger partial charge in [0.1, 0.15) is 28.0 Å². The number of rotatable bonds is 13. The molecule has 25 aliphatic carbocycles. The molecule has 2 N–H and O–H groups in total. The second kappa shape index (κ2) is 40.0. The zero-order chi connectivity index (χ0) is 99.7. The average Bonchev–Trinajstić information content (AvgIpc) is 0.958. The van der Waals surface area contributed by atoms with Crippen LogP contribution in [-0.4, -0.2) is 92.3 Å². The minimum Gasteiger partial charge on any atom is -0.465 e. The summed E-state index contributed by atoms with van der Waals surface area (Å²) in [6.07, 6.45) is 42.9. The molecule has 26 fully saturated rings. The number of carbonyl (C=O) groups excluding carboxylic acids is 6. The van der Waals surface area contributed by atoms with E-state index in [-0.39, 0.29) is 110 Å². The fourth-order valence-electron chi connectivity index (χ4n) is 39.6. The predicted molar refractivity (Wildman–Crippen MR) is 548 cm³/mol. The molecule has 0 aromatic carbocycles. The number of ether oxygens (including phenoxy) is 6. The van der Waals surface area contributed by atoms with E-state index < -0.39 is 5.60 Å². The summed E-state index contributed by atoms with van der Waals surface area (Å²) in [6, 6.07) is 0. The van der Waals surface area contributed by atoms with Crippen LogP contribution < -0.4 is 0 Å². The van der Waals surface area contributed by atoms with E-state index in [0.717, 1.165) is 225 Å². The van der Waals surface area contributed by atoms with Crippen LogP contribution in [-0.2, 0) is 57.2 Å². The van der Waals surface area contributed by atoms with E-state index in [1.807, 2.05) is 48.5 Å². The van der Waals surface area contributed by atoms with E-state index in [0.29, 0.717) is 95.4 Å². The third-order valence-corrected chi connectivity index (χ3v) is 50.1. The minimum absolute atomic E-state index is 0.0381. The number of carbonyl (C=O) groups is 6. The molecule has 26 aliphatic rings. The molecule has 26 rings (SSSR count). The van der Waals surface area contributed by atoms with Crippen molar-refractivity contribution < 1.29 is 67.4 Å². The highest BCUT2D eigenvalue weighted by atomic mass is 16.6. The zero-order valence-corrected chi connectivity index (χ0v) is 92.8. The van der Waals surface area contributed by atoms with Gasteiger partial charge in [0.15, 0.2) is 0 Å². The number of cyclic esters (lactones) is 1. The maximum Gasteiger partial charge on any atom is 0.312 e. The Bertz CT molecular complexity index is 4170. The number of hydrogen-bond donors (Lipinski definition) is 2. The predicted octanol–water partition coefficient (Wildman–Crippen LogP) is 28.2. The standard InChI is InChI=1S/C23H36O2.C21H32O2.C18H30O2.C15H26O2.C14H24O2.C12H18O2.C12H22O.C9H16O/c1-13-14(2)19-8-18(13)9-20(19)21(24)25-22(3,4)23-10-15-5-16(11-23)7-17(6-15)12-23;1-11-12(2)18-9-15(11)10-19(18)20(22)23-21(3)16-5-13-4-14(7-16)8-17(21)6-13;1-4-18(8-6-5-7-9-18)20-17(19)16-11-14-10-15(16)13(3)12(14)2;1-6-15(4,5)17-14(16)13-8-11-7-12(13)10(3)9(11)2;1-8-9(2)11-6-10(8)7-12(11)13(15)16-14(3,4)5;1-7-8(2)10-5-9(7)6-12(10)3-4-14-11(12)13;1-7-8(2)10-5-9(7)6-11(10)12(3,4)13;1-5-6(2)8-3-7(5)4-9(8)10/h13-20H,5-12H2,1-4H3;11-19H,4-10H2,1-3H3;12-16H,4-11H2,1-3H3;9-13H,6-8H2,1-5H3;8-12H,6-7H2,1-5H3;7-10H,3-6H2,1-2H3;7-11,13H,5-6H2,1-4H3;5-10H,3-4H2,1-2H3. The minimum atomic E-state index is -0.451. The van der Waals surface area contributed by atoms with Gasteiger partial charge in [-0.3, -0.25) is 28.8 Å². The zero-order valence-electron chi connectivity index (χ0n) is 92.8. The molecule has 25 saturated carbocycles. The number of hydrogen-bond acceptors (Lipinski definition) is 14. The van der Waals surface area contributed by atoms with Gasteiger partial charge in [-0.25, -0.2) is 0 Å². The molecule has 0 aromatic heterocycles. The fraction of sp³-hybridized carbons (Fsp3) is 0.952. The van der Waals surface area contributed by atoms with Crippen molar-refractivity contribution in [3.05, 3.63) is 0 Å². The summed E-state index contributed by atoms with van der Waals surface area (Å²) in [4.78, 5) is 75.1. The fourth-order valence-corrected chi connectivity index (χ4v) is 39.6. The van der Waals surface area contributed by atoms with Gasteiger partial charge in [0.05, 0.1) is 53.3 Å². The Morgan fingerprint density at radius 1 is 0.355 bits per heavy atom. The second-order valence-corrected chi connectivity index (χ2v) is 58.3. The van der Waals surface area contributed by atoms with Crippen LogP contribution in [0.1, 0.15) is 419 Å². The van der Waals surface area contributed by atoms with Gasteiger partial charge in [0, 0.05) is 5.41 Å². The van der Waals surface area contributed by atoms with Gasteiger partial charge in [-0.2, -0.15) is 0 Å². The Balaban J connectivity index is 0.000000111. The molecular formula is C124H204O14. The van der Waals surface area contributed by atoms with Crippen LogP contribution in [0, 0.1) is 277 Å². The van der Waals surface area contributed by atoms with Crippen LogP contribution in [0.2, 0.25) is 0 Å². The Morgan fingerprint density at radius 2 is 0.703 bits per heavy atom. The Kier molecular flexibility index (Phi) is 30.7. The van der Waals surface area contributed by atoms with E-state index >= 15 is 0 Å². The van der Waals surface area contributed by atoms with Crippen LogP contribution in [0.5, 0.6) is 0 Å². The third kappa shape index (κ3) is 20.0. The summed E-state index contributed by atoms with van der Waals surface area (Å²) in [5.74, 6) is 31.8. The van der Waals surface area contributed by atoms with Crippen molar-refractivity contribution in [3.8, 4) is 0 Å². The lowest BCUT2D eigenvalue weighted by Crippen LogP contribution is -2.58. The SMILES string of the molecule is CC1C2CC(C(=O)OC(C)(C)C)C(C2)C1C.CC1C2CC(C(=O)OC(C)(C)C34CC5CC(CC(C5)C3)C4)C(C2)C1C.CC1C2CC(C(=O)OC3(C)C4CC5CC(C4)CC3C5)C(C2)C1C.CC1C2CC(C1C)C(C(C)(C)O)C2.CC1C2CC(C1C)C1(CCOC1=O)C2.CC1C2CC(O)C(C2)C1C.CCC(C)(C)OC(=O)C1CC2CC1C(C)C2C.CCC1(OC(=O)C2CC3CC2C(C)C3C)CCCCC1. The molecule has 0 aromatic rings. The smallest absolute Gasteiger partial charge is 0.312 e. The van der Waals surface area contributed by atoms with Gasteiger partial charge in [-0.05, 0) is 524 Å². The normalized spacial score (nSPS) is 50.4. The summed E-state index contributed by atoms with van der Waals surface area (Å²) in [6.45, 7) is 63.0. The van der Waals surface area contributed by atoms with Crippen LogP contribution in [0.4, 0.5) is 0 Å². The molecule has 1 spiro atoms. The van der Waals surface area contributed by atoms with Crippen LogP contribution in [0.25, 0.3) is 0 Å². The summed E-state index contributed by atoms with van der Waals surface area (Å²) in [5.41, 5.74) is -1.40. The third-order valence-electron chi connectivity index (χ3n) is 50.1. The lowest BCUT2D eigenvalue weighted by atomic mass is 9.46. The quantitative estimate of drug-likeness (QED) is 0.130. The molecule has 40 unspecified atom stereocenters. The van der Waals surface area contributed by atoms with Gasteiger partial charge in [0.2, 0.25) is 0 Å². The first-order valence-electron chi connectivity index (χ1n) is 59.4. The number of aliphatic hydroxyl groups is 2. The topological polar surface area (TPSA) is 198 Å². The summed E-state index contributed by atoms with van der Waals surface area (Å²) in [7, 11) is 0. The molecule has 0 amide bonds. The summed E-state index contributed by atoms with van der Waals surface area (Å²) >= 11 is 0. The number of esters is 6. The lowest BCUT2D eigenvalue weighted by molar-refractivity contribution is -0.209. The lowest BCUT2D eigenvalue weighted by Gasteiger charge is -2.61. The number of fused-ring (bicyclic) bond motifs is 17. The second-order valence-electron chi connectivity index (χ2n) is 58.3. The summed E-state index contributed by atoms with van der Waals surface area (Å²) < 4.78 is 35.3. The van der Waals surface area contributed by atoms with Gasteiger partial charge in [-0.15, -0.1) is 0 Å². The maximum absolute atomic E-state index is 13.2. The van der Waals surface area contributed by atoms with Crippen molar-refractivity contribution in [2.24, 2.45) is 277 Å². The van der Waals surface area contributed by atoms with E-state index in [9.17, 15) is 39.0 Å². The molecule has 138 heavy (non-hydrogen) atoms. The molecule has 14 nitrogen and oxygen atoms in total. The van der Waals surface area contributed by atoms with Crippen molar-refractivity contribution in [2.45, 2.75) is 458 Å². The van der Waals surface area contributed by atoms with Crippen molar-refractivity contribution in [1.29, 1.82) is 0 Å². The van der Waals surface area contributed by atoms with Crippen molar-refractivity contribution in [2.75, 3.05) is 6.61 Å². The highest BCUT2D eigenvalue weighted by molar-refractivity contribution is 5.80. The van der Waals surface area contributed by atoms with E-state index in [2.05, 4.69) is 145 Å². The highest BCUT2D eigenvalue weighted by Crippen LogP contribution is 2.69. The first kappa shape index (κ1) is 106. The average molecular weight is 1920 g/mol. The van der Waals surface area contributed by atoms with E-state index in [1.165, 1.54) is 148 Å². The molecule has 24 bridgehead atoms. The van der Waals surface area contributed by atoms with E-state index in [4.69, 9.17) is 28.4 Å². The van der Waals surface area contributed by atoms with Gasteiger partial charge in [-0.1, -0.05) is 131 Å². The van der Waals surface area contributed by atoms with Gasteiger partial charge in [0.25, 0.3) is 0 Å². The van der Waals surface area contributed by atoms with Crippen LogP contribution in [0.15, 0.2) is 0 Å². The molecule has 784 valence electrons. The molecule has 0 radical (unpaired) electrons.